The fraction of sp³-hybridized carbons (Fsp3) is 0. The van der Waals surface area contributed by atoms with Crippen LogP contribution in [-0.2, 0) is 4.84 Å². The molecule has 0 saturated heterocycles. The molecule has 5 nitrogen and oxygen atoms in total. The van der Waals surface area contributed by atoms with Crippen LogP contribution >= 0.6 is 0 Å². The van der Waals surface area contributed by atoms with Crippen molar-refractivity contribution in [2.75, 3.05) is 5.17 Å². The first-order valence-electron chi connectivity index (χ1n) is 3.21. The zero-order chi connectivity index (χ0) is 8.97. The predicted molar refractivity (Wildman–Crippen MR) is 42.2 cm³/mol. The smallest absolute Gasteiger partial charge is 0.448 e. The van der Waals surface area contributed by atoms with E-state index in [1.165, 1.54) is 0 Å². The second-order valence-electron chi connectivity index (χ2n) is 2.02. The summed E-state index contributed by atoms with van der Waals surface area (Å²) in [6.07, 6.45) is -1.44. The highest BCUT2D eigenvalue weighted by atomic mass is 16.8. The molecule has 0 aromatic heterocycles. The lowest BCUT2D eigenvalue weighted by atomic mass is 10.3. The molecule has 0 aliphatic carbocycles. The van der Waals surface area contributed by atoms with Gasteiger partial charge in [-0.25, -0.2) is 10.6 Å². The molecular formula is C7H8N2O3. The first-order valence-corrected chi connectivity index (χ1v) is 3.21. The Balaban J connectivity index is 2.65. The van der Waals surface area contributed by atoms with Gasteiger partial charge in [0.25, 0.3) is 0 Å². The van der Waals surface area contributed by atoms with Crippen molar-refractivity contribution in [3.8, 4) is 0 Å². The van der Waals surface area contributed by atoms with Gasteiger partial charge in [-0.05, 0) is 12.1 Å². The van der Waals surface area contributed by atoms with Gasteiger partial charge in [0.15, 0.2) is 0 Å². The zero-order valence-electron chi connectivity index (χ0n) is 6.18. The van der Waals surface area contributed by atoms with Crippen LogP contribution in [0.5, 0.6) is 0 Å². The third-order valence-electron chi connectivity index (χ3n) is 1.19. The second kappa shape index (κ2) is 3.59. The molecule has 1 aromatic carbocycles. The van der Waals surface area contributed by atoms with Gasteiger partial charge >= 0.3 is 6.16 Å². The number of hydrazine groups is 1. The number of benzene rings is 1. The van der Waals surface area contributed by atoms with Crippen LogP contribution in [0.25, 0.3) is 0 Å². The minimum absolute atomic E-state index is 0.472. The van der Waals surface area contributed by atoms with E-state index >= 15 is 0 Å². The van der Waals surface area contributed by atoms with Crippen molar-refractivity contribution in [2.24, 2.45) is 5.84 Å². The minimum atomic E-state index is -1.44. The van der Waals surface area contributed by atoms with Crippen LogP contribution in [0.3, 0.4) is 0 Å². The summed E-state index contributed by atoms with van der Waals surface area (Å²) in [5, 5.41) is 8.88. The summed E-state index contributed by atoms with van der Waals surface area (Å²) in [6.45, 7) is 0. The Hall–Kier alpha value is -1.75. The Morgan fingerprint density at radius 2 is 2.00 bits per heavy atom. The number of hydrogen-bond acceptors (Lipinski definition) is 4. The molecule has 0 atom stereocenters. The second-order valence-corrected chi connectivity index (χ2v) is 2.02. The molecule has 0 spiro atoms. The number of nitrogens with two attached hydrogens (primary N) is 1. The number of nitrogens with zero attached hydrogens (tertiary/aromatic N) is 1. The van der Waals surface area contributed by atoms with Gasteiger partial charge in [0.2, 0.25) is 0 Å². The first kappa shape index (κ1) is 8.35. The van der Waals surface area contributed by atoms with Crippen LogP contribution in [0.1, 0.15) is 0 Å². The van der Waals surface area contributed by atoms with Crippen molar-refractivity contribution in [3.63, 3.8) is 0 Å². The molecule has 0 heterocycles. The van der Waals surface area contributed by atoms with Gasteiger partial charge in [0.1, 0.15) is 0 Å². The van der Waals surface area contributed by atoms with Gasteiger partial charge in [-0.2, -0.15) is 0 Å². The molecule has 5 heteroatoms. The fourth-order valence-corrected chi connectivity index (χ4v) is 0.712. The Bertz CT molecular complexity index is 263. The van der Waals surface area contributed by atoms with Crippen molar-refractivity contribution in [1.29, 1.82) is 0 Å². The summed E-state index contributed by atoms with van der Waals surface area (Å²) < 4.78 is 0. The monoisotopic (exact) mass is 168 g/mol. The molecule has 0 fully saturated rings. The summed E-state index contributed by atoms with van der Waals surface area (Å²) >= 11 is 0. The Morgan fingerprint density at radius 3 is 2.50 bits per heavy atom. The van der Waals surface area contributed by atoms with E-state index in [0.29, 0.717) is 10.9 Å². The van der Waals surface area contributed by atoms with Gasteiger partial charge in [-0.1, -0.05) is 18.2 Å². The lowest BCUT2D eigenvalue weighted by Crippen LogP contribution is -2.32. The van der Waals surface area contributed by atoms with Crippen molar-refractivity contribution in [1.82, 2.24) is 0 Å². The van der Waals surface area contributed by atoms with Crippen LogP contribution in [0, 0.1) is 0 Å². The average molecular weight is 168 g/mol. The zero-order valence-corrected chi connectivity index (χ0v) is 6.18. The molecule has 3 N–H and O–H groups in total. The number of anilines is 1. The maximum absolute atomic E-state index is 10.0. The fourth-order valence-electron chi connectivity index (χ4n) is 0.712. The van der Waals surface area contributed by atoms with Crippen molar-refractivity contribution < 1.29 is 14.7 Å². The average Bonchev–Trinajstić information content (AvgIpc) is 2.05. The maximum Gasteiger partial charge on any atom is 0.532 e. The molecule has 12 heavy (non-hydrogen) atoms. The number of rotatable bonds is 2. The molecule has 64 valence electrons. The molecule has 0 aliphatic heterocycles. The predicted octanol–water partition coefficient (Wildman–Crippen LogP) is 0.976. The van der Waals surface area contributed by atoms with Crippen LogP contribution in [0.15, 0.2) is 30.3 Å². The highest BCUT2D eigenvalue weighted by molar-refractivity contribution is 5.59. The highest BCUT2D eigenvalue weighted by Gasteiger charge is 2.04. The van der Waals surface area contributed by atoms with Gasteiger partial charge in [-0.15, -0.1) is 5.17 Å². The first-order chi connectivity index (χ1) is 5.70. The summed E-state index contributed by atoms with van der Waals surface area (Å²) in [7, 11) is 0. The van der Waals surface area contributed by atoms with E-state index in [-0.39, 0.29) is 0 Å². The van der Waals surface area contributed by atoms with Crippen molar-refractivity contribution in [2.45, 2.75) is 0 Å². The van der Waals surface area contributed by atoms with E-state index < -0.39 is 6.16 Å². The quantitative estimate of drug-likeness (QED) is 0.508. The molecule has 0 bridgehead atoms. The van der Waals surface area contributed by atoms with Gasteiger partial charge in [-0.3, -0.25) is 4.84 Å². The number of carbonyl (C=O) groups is 1. The standard InChI is InChI=1S/C7H8N2O3/c8-9(12-7(10)11)6-4-2-1-3-5-6/h1-5H,8H2,(H,10,11). The lowest BCUT2D eigenvalue weighted by molar-refractivity contribution is 0.0803. The molecule has 1 rings (SSSR count). The molecule has 0 aliphatic rings. The van der Waals surface area contributed by atoms with E-state index in [1.54, 1.807) is 30.3 Å². The van der Waals surface area contributed by atoms with Crippen molar-refractivity contribution in [3.05, 3.63) is 30.3 Å². The highest BCUT2D eigenvalue weighted by Crippen LogP contribution is 2.08. The van der Waals surface area contributed by atoms with E-state index in [1.807, 2.05) is 0 Å². The van der Waals surface area contributed by atoms with Crippen LogP contribution in [0.2, 0.25) is 0 Å². The largest absolute Gasteiger partial charge is 0.532 e. The normalized spacial score (nSPS) is 9.08. The molecule has 0 unspecified atom stereocenters. The van der Waals surface area contributed by atoms with E-state index in [4.69, 9.17) is 10.9 Å². The third kappa shape index (κ3) is 2.14. The topological polar surface area (TPSA) is 75.8 Å². The molecule has 0 amide bonds. The Labute approximate surface area is 68.9 Å². The SMILES string of the molecule is NN(OC(=O)O)c1ccccc1. The van der Waals surface area contributed by atoms with Gasteiger partial charge in [0.05, 0.1) is 5.69 Å². The van der Waals surface area contributed by atoms with E-state index in [9.17, 15) is 4.79 Å². The molecule has 0 radical (unpaired) electrons. The third-order valence-corrected chi connectivity index (χ3v) is 1.19. The van der Waals surface area contributed by atoms with E-state index in [2.05, 4.69) is 4.84 Å². The van der Waals surface area contributed by atoms with Crippen molar-refractivity contribution >= 4 is 11.8 Å². The maximum atomic E-state index is 10.0. The number of carboxylic acid groups (broad SMARTS) is 1. The molecular weight excluding hydrogens is 160 g/mol. The lowest BCUT2D eigenvalue weighted by Gasteiger charge is -2.13. The van der Waals surface area contributed by atoms with Crippen LogP contribution in [-0.4, -0.2) is 11.3 Å². The van der Waals surface area contributed by atoms with E-state index in [0.717, 1.165) is 0 Å². The molecule has 0 saturated carbocycles. The summed E-state index contributed by atoms with van der Waals surface area (Å²) in [5.74, 6) is 5.23. The summed E-state index contributed by atoms with van der Waals surface area (Å²) in [4.78, 5) is 14.2. The Morgan fingerprint density at radius 1 is 1.42 bits per heavy atom. The van der Waals surface area contributed by atoms with Gasteiger partial charge < -0.3 is 5.11 Å². The Kier molecular flexibility index (Phi) is 2.49. The number of hydrogen-bond donors (Lipinski definition) is 2. The minimum Gasteiger partial charge on any atom is -0.448 e. The van der Waals surface area contributed by atoms with Crippen LogP contribution in [0.4, 0.5) is 10.5 Å². The summed E-state index contributed by atoms with van der Waals surface area (Å²) in [5.41, 5.74) is 0.472. The number of para-hydroxylation sites is 1. The van der Waals surface area contributed by atoms with Gasteiger partial charge in [0, 0.05) is 0 Å². The molecule has 1 aromatic rings. The van der Waals surface area contributed by atoms with Crippen LogP contribution < -0.4 is 11.0 Å². The summed E-state index contributed by atoms with van der Waals surface area (Å²) in [6, 6.07) is 8.49.